The molecule has 5 aliphatic carbocycles. The summed E-state index contributed by atoms with van der Waals surface area (Å²) in [4.78, 5) is 0. The van der Waals surface area contributed by atoms with Gasteiger partial charge >= 0.3 is 12.7 Å². The summed E-state index contributed by atoms with van der Waals surface area (Å²) in [6, 6.07) is 14.7. The van der Waals surface area contributed by atoms with Crippen LogP contribution in [0.4, 0.5) is 39.5 Å². The van der Waals surface area contributed by atoms with E-state index in [4.69, 9.17) is 0 Å². The number of hydrogen-bond donors (Lipinski definition) is 0. The van der Waals surface area contributed by atoms with Crippen molar-refractivity contribution in [1.29, 1.82) is 0 Å². The molecule has 356 valence electrons. The molecule has 0 atom stereocenters. The van der Waals surface area contributed by atoms with Crippen LogP contribution in [0.2, 0.25) is 0 Å². The number of halogens is 9. The molecule has 5 fully saturated rings. The Hall–Kier alpha value is -3.37. The fourth-order valence-corrected chi connectivity index (χ4v) is 11.6. The second-order valence-corrected chi connectivity index (χ2v) is 20.2. The average Bonchev–Trinajstić information content (AvgIpc) is 3.26. The van der Waals surface area contributed by atoms with Gasteiger partial charge in [0.25, 0.3) is 0 Å². The number of benzene rings is 3. The molecule has 0 unspecified atom stereocenters. The molecule has 0 N–H and O–H groups in total. The van der Waals surface area contributed by atoms with Gasteiger partial charge in [-0.05, 0) is 202 Å². The summed E-state index contributed by atoms with van der Waals surface area (Å²) >= 11 is 0. The van der Waals surface area contributed by atoms with Crippen LogP contribution in [0.15, 0.2) is 60.7 Å². The maximum absolute atomic E-state index is 13.9. The van der Waals surface area contributed by atoms with Gasteiger partial charge in [0.15, 0.2) is 23.2 Å². The zero-order valence-electron chi connectivity index (χ0n) is 37.9. The van der Waals surface area contributed by atoms with E-state index in [1.807, 2.05) is 0 Å². The second-order valence-electron chi connectivity index (χ2n) is 20.2. The van der Waals surface area contributed by atoms with Crippen LogP contribution in [-0.2, 0) is 0 Å². The van der Waals surface area contributed by atoms with E-state index >= 15 is 0 Å². The maximum atomic E-state index is 13.9. The van der Waals surface area contributed by atoms with Gasteiger partial charge in [0.05, 0.1) is 0 Å². The van der Waals surface area contributed by atoms with Gasteiger partial charge in [-0.15, -0.1) is 26.3 Å². The fourth-order valence-electron chi connectivity index (χ4n) is 11.6. The Morgan fingerprint density at radius 1 is 0.359 bits per heavy atom. The molecule has 0 spiro atoms. The van der Waals surface area contributed by atoms with Crippen molar-refractivity contribution in [3.63, 3.8) is 0 Å². The molecule has 0 heterocycles. The zero-order valence-corrected chi connectivity index (χ0v) is 37.9. The average molecular weight is 909 g/mol. The lowest BCUT2D eigenvalue weighted by Crippen LogP contribution is -2.24. The van der Waals surface area contributed by atoms with Gasteiger partial charge < -0.3 is 9.47 Å². The highest BCUT2D eigenvalue weighted by Gasteiger charge is 2.35. The molecule has 11 heteroatoms. The SMILES string of the molecule is CC1CCC(C2CCC(c3ccc(OC(F)(F)F)c(F)c3)CC2)CC1.CC1CCC(C2CCC(c3ccc(OC(F)(F)F)cc3)CC2)CC1.CC1CCC(c2ccc(F)c(F)c2)CC1. The second kappa shape index (κ2) is 22.9. The summed E-state index contributed by atoms with van der Waals surface area (Å²) in [6.07, 6.45) is 15.1. The molecule has 3 aromatic rings. The predicted octanol–water partition coefficient (Wildman–Crippen LogP) is 17.8. The van der Waals surface area contributed by atoms with Crippen molar-refractivity contribution in [2.24, 2.45) is 41.4 Å². The fraction of sp³-hybridized carbons (Fsp3) is 0.660. The third-order valence-corrected chi connectivity index (χ3v) is 15.7. The molecule has 0 aromatic heterocycles. The van der Waals surface area contributed by atoms with Gasteiger partial charge in [0.1, 0.15) is 5.75 Å². The van der Waals surface area contributed by atoms with Crippen molar-refractivity contribution >= 4 is 0 Å². The lowest BCUT2D eigenvalue weighted by molar-refractivity contribution is -0.276. The molecule has 8 rings (SSSR count). The summed E-state index contributed by atoms with van der Waals surface area (Å²) in [5, 5.41) is 0. The first-order valence-electron chi connectivity index (χ1n) is 24.2. The summed E-state index contributed by atoms with van der Waals surface area (Å²) in [5.74, 6) is 3.79. The standard InChI is InChI=1S/C20H26F4O.C20H27F3O.C13H16F2/c1-13-2-4-14(5-3-13)15-6-8-16(9-7-15)17-10-11-19(18(21)12-17)25-20(22,23)24;1-14-2-4-15(5-3-14)16-6-8-17(9-7-16)18-10-12-19(13-11-18)24-20(21,22)23;1-9-2-4-10(5-3-9)11-6-7-12(14)13(15)8-11/h10-16H,2-9H2,1H3;10-17H,2-9H2,1H3;6-10H,2-5H2,1H3. The minimum Gasteiger partial charge on any atom is -0.406 e. The van der Waals surface area contributed by atoms with E-state index in [0.29, 0.717) is 11.8 Å². The Balaban J connectivity index is 0.000000164. The number of hydrogen-bond acceptors (Lipinski definition) is 2. The summed E-state index contributed by atoms with van der Waals surface area (Å²) < 4.78 is 121. The van der Waals surface area contributed by atoms with Crippen LogP contribution in [0, 0.1) is 58.9 Å². The van der Waals surface area contributed by atoms with E-state index in [1.54, 1.807) is 24.3 Å². The highest BCUT2D eigenvalue weighted by atomic mass is 19.4. The van der Waals surface area contributed by atoms with Crippen molar-refractivity contribution in [2.45, 2.75) is 180 Å². The predicted molar refractivity (Wildman–Crippen MR) is 235 cm³/mol. The van der Waals surface area contributed by atoms with Crippen LogP contribution >= 0.6 is 0 Å². The highest BCUT2D eigenvalue weighted by molar-refractivity contribution is 5.32. The van der Waals surface area contributed by atoms with Crippen molar-refractivity contribution < 1.29 is 49.0 Å². The Bertz CT molecular complexity index is 1840. The van der Waals surface area contributed by atoms with E-state index in [2.05, 4.69) is 30.2 Å². The monoisotopic (exact) mass is 909 g/mol. The quantitative estimate of drug-likeness (QED) is 0.220. The lowest BCUT2D eigenvalue weighted by Gasteiger charge is -2.37. The number of alkyl halides is 6. The molecule has 0 radical (unpaired) electrons. The van der Waals surface area contributed by atoms with Crippen LogP contribution < -0.4 is 9.47 Å². The van der Waals surface area contributed by atoms with Gasteiger partial charge in [-0.2, -0.15) is 0 Å². The zero-order chi connectivity index (χ0) is 46.0. The van der Waals surface area contributed by atoms with Crippen molar-refractivity contribution in [2.75, 3.05) is 0 Å². The molecular formula is C53H69F9O2. The Morgan fingerprint density at radius 3 is 1.08 bits per heavy atom. The highest BCUT2D eigenvalue weighted by Crippen LogP contribution is 2.46. The molecule has 0 bridgehead atoms. The molecule has 5 aliphatic rings. The van der Waals surface area contributed by atoms with Crippen LogP contribution in [-0.4, -0.2) is 12.7 Å². The first-order valence-corrected chi connectivity index (χ1v) is 24.2. The number of rotatable bonds is 7. The Morgan fingerprint density at radius 2 is 0.688 bits per heavy atom. The summed E-state index contributed by atoms with van der Waals surface area (Å²) in [6.45, 7) is 6.94. The molecule has 3 aromatic carbocycles. The molecule has 0 saturated heterocycles. The number of ether oxygens (including phenoxy) is 2. The first-order chi connectivity index (χ1) is 30.4. The van der Waals surface area contributed by atoms with Gasteiger partial charge in [-0.25, -0.2) is 13.2 Å². The van der Waals surface area contributed by atoms with Gasteiger partial charge in [0, 0.05) is 0 Å². The Kier molecular flexibility index (Phi) is 17.9. The summed E-state index contributed by atoms with van der Waals surface area (Å²) in [5.41, 5.74) is 2.91. The normalized spacial score (nSPS) is 30.2. The molecule has 2 nitrogen and oxygen atoms in total. The van der Waals surface area contributed by atoms with Crippen LogP contribution in [0.5, 0.6) is 11.5 Å². The van der Waals surface area contributed by atoms with Crippen molar-refractivity contribution in [1.82, 2.24) is 0 Å². The van der Waals surface area contributed by atoms with E-state index in [0.717, 1.165) is 116 Å². The molecule has 0 amide bonds. The smallest absolute Gasteiger partial charge is 0.406 e. The largest absolute Gasteiger partial charge is 0.573 e. The molecule has 64 heavy (non-hydrogen) atoms. The van der Waals surface area contributed by atoms with Crippen LogP contribution in [0.3, 0.4) is 0 Å². The van der Waals surface area contributed by atoms with Crippen molar-refractivity contribution in [3.05, 3.63) is 94.8 Å². The minimum atomic E-state index is -4.86. The van der Waals surface area contributed by atoms with Gasteiger partial charge in [-0.3, -0.25) is 0 Å². The van der Waals surface area contributed by atoms with Crippen LogP contribution in [0.25, 0.3) is 0 Å². The van der Waals surface area contributed by atoms with E-state index < -0.39 is 35.9 Å². The van der Waals surface area contributed by atoms with E-state index in [9.17, 15) is 39.5 Å². The lowest BCUT2D eigenvalue weighted by atomic mass is 9.68. The molecular weight excluding hydrogens is 840 g/mol. The third-order valence-electron chi connectivity index (χ3n) is 15.7. The summed E-state index contributed by atoms with van der Waals surface area (Å²) in [7, 11) is 0. The maximum Gasteiger partial charge on any atom is 0.573 e. The first kappa shape index (κ1) is 50.1. The van der Waals surface area contributed by atoms with Crippen molar-refractivity contribution in [3.8, 4) is 11.5 Å². The van der Waals surface area contributed by atoms with Gasteiger partial charge in [0.2, 0.25) is 0 Å². The third kappa shape index (κ3) is 15.4. The Labute approximate surface area is 375 Å². The topological polar surface area (TPSA) is 18.5 Å². The molecule has 0 aliphatic heterocycles. The molecule has 5 saturated carbocycles. The van der Waals surface area contributed by atoms with Crippen LogP contribution in [0.1, 0.15) is 184 Å². The van der Waals surface area contributed by atoms with E-state index in [-0.39, 0.29) is 11.7 Å². The van der Waals surface area contributed by atoms with E-state index in [1.165, 1.54) is 107 Å². The minimum absolute atomic E-state index is 0.128. The van der Waals surface area contributed by atoms with Gasteiger partial charge in [-0.1, -0.05) is 83.6 Å².